The van der Waals surface area contributed by atoms with Gasteiger partial charge in [-0.15, -0.1) is 10.2 Å². The van der Waals surface area contributed by atoms with Gasteiger partial charge in [0.2, 0.25) is 0 Å². The minimum absolute atomic E-state index is 0.658. The molecule has 0 amide bonds. The Labute approximate surface area is 131 Å². The zero-order chi connectivity index (χ0) is 15.2. The summed E-state index contributed by atoms with van der Waals surface area (Å²) in [5.74, 6) is 3.74. The Morgan fingerprint density at radius 3 is 3.09 bits per heavy atom. The largest absolute Gasteiger partial charge is 0.381 e. The van der Waals surface area contributed by atoms with Crippen LogP contribution in [0.25, 0.3) is 0 Å². The highest BCUT2D eigenvalue weighted by Crippen LogP contribution is 2.28. The van der Waals surface area contributed by atoms with E-state index in [1.54, 1.807) is 7.05 Å². The standard InChI is InChI=1S/C15H26N6O/c1-16-15(17-7-3-9-22-11-12-5-6-12)18-10-14-20-19-13-4-2-8-21(13)14/h12H,2-11H2,1H3,(H2,16,17,18). The molecule has 7 heteroatoms. The van der Waals surface area contributed by atoms with Crippen LogP contribution in [0.15, 0.2) is 4.99 Å². The van der Waals surface area contributed by atoms with Crippen molar-refractivity contribution in [3.05, 3.63) is 11.6 Å². The zero-order valence-electron chi connectivity index (χ0n) is 13.3. The predicted octanol–water partition coefficient (Wildman–Crippen LogP) is 0.706. The van der Waals surface area contributed by atoms with Crippen molar-refractivity contribution >= 4 is 5.96 Å². The van der Waals surface area contributed by atoms with Crippen molar-refractivity contribution in [2.75, 3.05) is 26.8 Å². The maximum atomic E-state index is 5.62. The van der Waals surface area contributed by atoms with Crippen LogP contribution in [0.4, 0.5) is 0 Å². The first-order chi connectivity index (χ1) is 10.9. The lowest BCUT2D eigenvalue weighted by atomic mass is 10.4. The second kappa shape index (κ2) is 7.58. The monoisotopic (exact) mass is 306 g/mol. The van der Waals surface area contributed by atoms with Crippen molar-refractivity contribution in [3.63, 3.8) is 0 Å². The van der Waals surface area contributed by atoms with Crippen LogP contribution in [0.1, 0.15) is 37.3 Å². The lowest BCUT2D eigenvalue weighted by Crippen LogP contribution is -2.38. The van der Waals surface area contributed by atoms with Crippen molar-refractivity contribution < 1.29 is 4.74 Å². The van der Waals surface area contributed by atoms with Gasteiger partial charge in [-0.05, 0) is 31.6 Å². The highest BCUT2D eigenvalue weighted by atomic mass is 16.5. The Bertz CT molecular complexity index is 508. The smallest absolute Gasteiger partial charge is 0.191 e. The van der Waals surface area contributed by atoms with Gasteiger partial charge in [0, 0.05) is 39.8 Å². The van der Waals surface area contributed by atoms with Crippen LogP contribution in [-0.4, -0.2) is 47.5 Å². The molecule has 0 aromatic carbocycles. The number of aromatic nitrogens is 3. The lowest BCUT2D eigenvalue weighted by molar-refractivity contribution is 0.123. The summed E-state index contributed by atoms with van der Waals surface area (Å²) in [5.41, 5.74) is 0. The number of aryl methyl sites for hydroxylation is 1. The summed E-state index contributed by atoms with van der Waals surface area (Å²) in [7, 11) is 1.78. The molecule has 122 valence electrons. The Morgan fingerprint density at radius 1 is 1.36 bits per heavy atom. The van der Waals surface area contributed by atoms with E-state index < -0.39 is 0 Å². The Hall–Kier alpha value is -1.63. The van der Waals surface area contributed by atoms with Crippen LogP contribution in [-0.2, 0) is 24.2 Å². The fraction of sp³-hybridized carbons (Fsp3) is 0.800. The Balaban J connectivity index is 1.31. The third-order valence-electron chi connectivity index (χ3n) is 4.13. The number of nitrogens with zero attached hydrogens (tertiary/aromatic N) is 4. The zero-order valence-corrected chi connectivity index (χ0v) is 13.3. The van der Waals surface area contributed by atoms with Crippen LogP contribution in [0.2, 0.25) is 0 Å². The molecule has 0 bridgehead atoms. The molecule has 1 saturated carbocycles. The molecule has 1 aromatic rings. The molecule has 1 fully saturated rings. The summed E-state index contributed by atoms with van der Waals surface area (Å²) in [6, 6.07) is 0. The van der Waals surface area contributed by atoms with Crippen LogP contribution in [0.3, 0.4) is 0 Å². The number of hydrogen-bond acceptors (Lipinski definition) is 4. The van der Waals surface area contributed by atoms with Crippen molar-refractivity contribution in [2.24, 2.45) is 10.9 Å². The highest BCUT2D eigenvalue weighted by Gasteiger charge is 2.20. The van der Waals surface area contributed by atoms with Crippen LogP contribution in [0.5, 0.6) is 0 Å². The molecule has 0 atom stereocenters. The third-order valence-corrected chi connectivity index (χ3v) is 4.13. The number of fused-ring (bicyclic) bond motifs is 1. The number of hydrogen-bond donors (Lipinski definition) is 2. The number of guanidine groups is 1. The van der Waals surface area contributed by atoms with Gasteiger partial charge >= 0.3 is 0 Å². The summed E-state index contributed by atoms with van der Waals surface area (Å²) < 4.78 is 7.82. The lowest BCUT2D eigenvalue weighted by Gasteiger charge is -2.12. The normalized spacial score (nSPS) is 17.6. The number of nitrogens with one attached hydrogen (secondary N) is 2. The van der Waals surface area contributed by atoms with Gasteiger partial charge in [-0.25, -0.2) is 0 Å². The number of ether oxygens (including phenoxy) is 1. The van der Waals surface area contributed by atoms with Crippen LogP contribution < -0.4 is 10.6 Å². The van der Waals surface area contributed by atoms with Gasteiger partial charge in [-0.2, -0.15) is 0 Å². The summed E-state index contributed by atoms with van der Waals surface area (Å²) in [4.78, 5) is 4.23. The summed E-state index contributed by atoms with van der Waals surface area (Å²) in [5, 5.41) is 15.0. The van der Waals surface area contributed by atoms with E-state index in [4.69, 9.17) is 4.74 Å². The first-order valence-electron chi connectivity index (χ1n) is 8.30. The molecular weight excluding hydrogens is 280 g/mol. The van der Waals surface area contributed by atoms with E-state index in [-0.39, 0.29) is 0 Å². The van der Waals surface area contributed by atoms with E-state index in [9.17, 15) is 0 Å². The SMILES string of the molecule is CN=C(NCCCOCC1CC1)NCc1nnc2n1CCC2. The highest BCUT2D eigenvalue weighted by molar-refractivity contribution is 5.79. The molecule has 1 aliphatic carbocycles. The van der Waals surface area contributed by atoms with Crippen molar-refractivity contribution in [1.82, 2.24) is 25.4 Å². The average molecular weight is 306 g/mol. The molecule has 0 spiro atoms. The van der Waals surface area contributed by atoms with Gasteiger partial charge in [0.05, 0.1) is 6.54 Å². The summed E-state index contributed by atoms with van der Waals surface area (Å²) in [6.07, 6.45) is 5.91. The third kappa shape index (κ3) is 4.19. The minimum atomic E-state index is 0.658. The van der Waals surface area contributed by atoms with E-state index in [0.29, 0.717) is 6.54 Å². The van der Waals surface area contributed by atoms with Gasteiger partial charge in [0.25, 0.3) is 0 Å². The van der Waals surface area contributed by atoms with Crippen molar-refractivity contribution in [1.29, 1.82) is 0 Å². The van der Waals surface area contributed by atoms with E-state index in [0.717, 1.165) is 62.7 Å². The first-order valence-corrected chi connectivity index (χ1v) is 8.30. The molecule has 0 saturated heterocycles. The topological polar surface area (TPSA) is 76.4 Å². The molecule has 1 aromatic heterocycles. The molecule has 22 heavy (non-hydrogen) atoms. The minimum Gasteiger partial charge on any atom is -0.381 e. The van der Waals surface area contributed by atoms with Gasteiger partial charge in [-0.1, -0.05) is 0 Å². The summed E-state index contributed by atoms with van der Waals surface area (Å²) >= 11 is 0. The fourth-order valence-corrected chi connectivity index (χ4v) is 2.64. The number of aliphatic imine (C=N–C) groups is 1. The molecule has 2 N–H and O–H groups in total. The molecule has 3 rings (SSSR count). The molecule has 0 unspecified atom stereocenters. The Morgan fingerprint density at radius 2 is 2.27 bits per heavy atom. The van der Waals surface area contributed by atoms with E-state index in [2.05, 4.69) is 30.4 Å². The van der Waals surface area contributed by atoms with E-state index >= 15 is 0 Å². The van der Waals surface area contributed by atoms with Gasteiger partial charge in [-0.3, -0.25) is 4.99 Å². The second-order valence-electron chi connectivity index (χ2n) is 6.01. The maximum absolute atomic E-state index is 5.62. The fourth-order valence-electron chi connectivity index (χ4n) is 2.64. The number of rotatable bonds is 8. The van der Waals surface area contributed by atoms with E-state index in [1.165, 1.54) is 19.3 Å². The van der Waals surface area contributed by atoms with E-state index in [1.807, 2.05) is 0 Å². The molecule has 1 aliphatic heterocycles. The van der Waals surface area contributed by atoms with Gasteiger partial charge in [0.15, 0.2) is 11.8 Å². The molecule has 2 aliphatic rings. The Kier molecular flexibility index (Phi) is 5.26. The first kappa shape index (κ1) is 15.3. The second-order valence-corrected chi connectivity index (χ2v) is 6.01. The predicted molar refractivity (Wildman–Crippen MR) is 84.7 cm³/mol. The van der Waals surface area contributed by atoms with Crippen LogP contribution in [0, 0.1) is 5.92 Å². The molecule has 0 radical (unpaired) electrons. The molecule has 7 nitrogen and oxygen atoms in total. The maximum Gasteiger partial charge on any atom is 0.191 e. The van der Waals surface area contributed by atoms with Gasteiger partial charge in [0.1, 0.15) is 5.82 Å². The molecule has 2 heterocycles. The summed E-state index contributed by atoms with van der Waals surface area (Å²) in [6.45, 7) is 4.31. The van der Waals surface area contributed by atoms with Gasteiger partial charge < -0.3 is 19.9 Å². The van der Waals surface area contributed by atoms with Crippen LogP contribution >= 0.6 is 0 Å². The van der Waals surface area contributed by atoms with Crippen molar-refractivity contribution in [3.8, 4) is 0 Å². The quantitative estimate of drug-likeness (QED) is 0.420. The van der Waals surface area contributed by atoms with Crippen molar-refractivity contribution in [2.45, 2.75) is 45.2 Å². The molecular formula is C15H26N6O. The average Bonchev–Trinajstić information content (AvgIpc) is 3.09.